The maximum Gasteiger partial charge on any atom is 0.118 e. The summed E-state index contributed by atoms with van der Waals surface area (Å²) in [5.74, 6) is 0.214. The van der Waals surface area contributed by atoms with Gasteiger partial charge in [-0.3, -0.25) is 0 Å². The second-order valence-corrected chi connectivity index (χ2v) is 3.03. The van der Waals surface area contributed by atoms with Gasteiger partial charge in [0, 0.05) is 6.04 Å². The van der Waals surface area contributed by atoms with Crippen molar-refractivity contribution in [2.45, 2.75) is 18.7 Å². The summed E-state index contributed by atoms with van der Waals surface area (Å²) in [5.41, 5.74) is 11.7. The minimum Gasteiger partial charge on any atom is -0.508 e. The highest BCUT2D eigenvalue weighted by Gasteiger charge is 2.09. The van der Waals surface area contributed by atoms with Crippen LogP contribution < -0.4 is 11.5 Å². The van der Waals surface area contributed by atoms with Crippen molar-refractivity contribution < 1.29 is 10.2 Å². The molecule has 0 aliphatic rings. The highest BCUT2D eigenvalue weighted by atomic mass is 16.3. The van der Waals surface area contributed by atoms with Crippen LogP contribution in [0.3, 0.4) is 0 Å². The van der Waals surface area contributed by atoms with Crippen molar-refractivity contribution in [3.63, 3.8) is 0 Å². The summed E-state index contributed by atoms with van der Waals surface area (Å²) in [6.45, 7) is 0. The molecule has 0 saturated heterocycles. The van der Waals surface area contributed by atoms with Gasteiger partial charge in [-0.1, -0.05) is 12.1 Å². The van der Waals surface area contributed by atoms with Crippen LogP contribution >= 0.6 is 0 Å². The molecule has 2 atom stereocenters. The van der Waals surface area contributed by atoms with Gasteiger partial charge in [0.05, 0.1) is 0 Å². The molecule has 0 fully saturated rings. The van der Waals surface area contributed by atoms with Crippen molar-refractivity contribution in [3.8, 4) is 5.75 Å². The fourth-order valence-corrected chi connectivity index (χ4v) is 1.02. The third kappa shape index (κ3) is 3.02. The Kier molecular flexibility index (Phi) is 3.25. The van der Waals surface area contributed by atoms with Gasteiger partial charge in [0.15, 0.2) is 0 Å². The molecule has 1 aromatic rings. The Hall–Kier alpha value is -1.10. The maximum absolute atomic E-state index is 8.99. The second-order valence-electron chi connectivity index (χ2n) is 3.03. The molecule has 1 rings (SSSR count). The van der Waals surface area contributed by atoms with Gasteiger partial charge < -0.3 is 21.7 Å². The number of phenolic OH excluding ortho intramolecular Hbond substituents is 1. The van der Waals surface area contributed by atoms with E-state index in [1.165, 1.54) is 0 Å². The fraction of sp³-hybridized carbons (Fsp3) is 0.333. The third-order valence-corrected chi connectivity index (χ3v) is 1.85. The molecule has 4 heteroatoms. The van der Waals surface area contributed by atoms with Gasteiger partial charge in [-0.05, 0) is 24.1 Å². The Morgan fingerprint density at radius 1 is 1.15 bits per heavy atom. The molecule has 0 bridgehead atoms. The monoisotopic (exact) mass is 182 g/mol. The zero-order valence-electron chi connectivity index (χ0n) is 7.22. The van der Waals surface area contributed by atoms with Gasteiger partial charge in [0.25, 0.3) is 0 Å². The lowest BCUT2D eigenvalue weighted by Gasteiger charge is -2.14. The number of hydrogen-bond donors (Lipinski definition) is 4. The molecule has 0 amide bonds. The SMILES string of the molecule is NC(O)C(N)Cc1ccc(O)cc1. The van der Waals surface area contributed by atoms with E-state index in [0.717, 1.165) is 5.56 Å². The Balaban J connectivity index is 2.59. The number of hydrogen-bond acceptors (Lipinski definition) is 4. The van der Waals surface area contributed by atoms with E-state index in [1.54, 1.807) is 24.3 Å². The molecule has 4 nitrogen and oxygen atoms in total. The average molecular weight is 182 g/mol. The zero-order chi connectivity index (χ0) is 9.84. The molecule has 0 aromatic heterocycles. The Morgan fingerprint density at radius 3 is 2.15 bits per heavy atom. The van der Waals surface area contributed by atoms with Crippen molar-refractivity contribution in [2.24, 2.45) is 11.5 Å². The normalized spacial score (nSPS) is 15.3. The molecule has 0 saturated carbocycles. The average Bonchev–Trinajstić information content (AvgIpc) is 2.08. The van der Waals surface area contributed by atoms with Crippen LogP contribution in [0.5, 0.6) is 5.75 Å². The largest absolute Gasteiger partial charge is 0.508 e. The van der Waals surface area contributed by atoms with Gasteiger partial charge in [0.1, 0.15) is 12.0 Å². The molecule has 13 heavy (non-hydrogen) atoms. The van der Waals surface area contributed by atoms with E-state index in [-0.39, 0.29) is 5.75 Å². The van der Waals surface area contributed by atoms with Crippen molar-refractivity contribution >= 4 is 0 Å². The first-order valence-corrected chi connectivity index (χ1v) is 4.06. The minimum atomic E-state index is -1.01. The second kappa shape index (κ2) is 4.23. The van der Waals surface area contributed by atoms with E-state index >= 15 is 0 Å². The van der Waals surface area contributed by atoms with Gasteiger partial charge in [0.2, 0.25) is 0 Å². The first-order valence-electron chi connectivity index (χ1n) is 4.06. The van der Waals surface area contributed by atoms with Gasteiger partial charge in [-0.2, -0.15) is 0 Å². The molecule has 1 aromatic carbocycles. The summed E-state index contributed by atoms with van der Waals surface area (Å²) in [4.78, 5) is 0. The predicted octanol–water partition coefficient (Wildman–Crippen LogP) is -0.461. The first-order chi connectivity index (χ1) is 6.09. The number of benzene rings is 1. The third-order valence-electron chi connectivity index (χ3n) is 1.85. The Morgan fingerprint density at radius 2 is 1.69 bits per heavy atom. The van der Waals surface area contributed by atoms with Gasteiger partial charge in [-0.15, -0.1) is 0 Å². The number of nitrogens with two attached hydrogens (primary N) is 2. The van der Waals surface area contributed by atoms with Crippen LogP contribution in [-0.2, 0) is 6.42 Å². The molecule has 0 heterocycles. The van der Waals surface area contributed by atoms with E-state index < -0.39 is 12.3 Å². The van der Waals surface area contributed by atoms with Crippen LogP contribution in [-0.4, -0.2) is 22.5 Å². The van der Waals surface area contributed by atoms with E-state index in [0.29, 0.717) is 6.42 Å². The van der Waals surface area contributed by atoms with Crippen molar-refractivity contribution in [2.75, 3.05) is 0 Å². The standard InChI is InChI=1S/C9H14N2O2/c10-8(9(11)13)5-6-1-3-7(12)4-2-6/h1-4,8-9,12-13H,5,10-11H2. The van der Waals surface area contributed by atoms with Gasteiger partial charge >= 0.3 is 0 Å². The summed E-state index contributed by atoms with van der Waals surface area (Å²) < 4.78 is 0. The number of aliphatic hydroxyl groups excluding tert-OH is 1. The summed E-state index contributed by atoms with van der Waals surface area (Å²) in [6, 6.07) is 6.18. The van der Waals surface area contributed by atoms with Crippen LogP contribution in [0.4, 0.5) is 0 Å². The number of aliphatic hydroxyl groups is 1. The van der Waals surface area contributed by atoms with E-state index in [4.69, 9.17) is 21.7 Å². The molecular weight excluding hydrogens is 168 g/mol. The topological polar surface area (TPSA) is 92.5 Å². The number of phenols is 1. The molecule has 0 aliphatic carbocycles. The summed E-state index contributed by atoms with van der Waals surface area (Å²) in [7, 11) is 0. The van der Waals surface area contributed by atoms with Crippen LogP contribution in [0.25, 0.3) is 0 Å². The molecule has 0 radical (unpaired) electrons. The summed E-state index contributed by atoms with van der Waals surface area (Å²) in [5, 5.41) is 17.9. The van der Waals surface area contributed by atoms with Crippen molar-refractivity contribution in [3.05, 3.63) is 29.8 Å². The molecule has 0 spiro atoms. The number of aromatic hydroxyl groups is 1. The Bertz CT molecular complexity index is 259. The van der Waals surface area contributed by atoms with Crippen LogP contribution in [0.1, 0.15) is 5.56 Å². The first kappa shape index (κ1) is 9.98. The molecule has 6 N–H and O–H groups in total. The quantitative estimate of drug-likeness (QED) is 0.476. The highest BCUT2D eigenvalue weighted by Crippen LogP contribution is 2.10. The van der Waals surface area contributed by atoms with Crippen LogP contribution in [0, 0.1) is 0 Å². The zero-order valence-corrected chi connectivity index (χ0v) is 7.22. The van der Waals surface area contributed by atoms with Crippen molar-refractivity contribution in [1.82, 2.24) is 0 Å². The summed E-state index contributed by atoms with van der Waals surface area (Å²) >= 11 is 0. The minimum absolute atomic E-state index is 0.214. The fourth-order valence-electron chi connectivity index (χ4n) is 1.02. The maximum atomic E-state index is 8.99. The summed E-state index contributed by atoms with van der Waals surface area (Å²) in [6.07, 6.45) is -0.508. The van der Waals surface area contributed by atoms with E-state index in [2.05, 4.69) is 0 Å². The highest BCUT2D eigenvalue weighted by molar-refractivity contribution is 5.26. The van der Waals surface area contributed by atoms with Crippen LogP contribution in [0.15, 0.2) is 24.3 Å². The molecular formula is C9H14N2O2. The Labute approximate surface area is 76.8 Å². The lowest BCUT2D eigenvalue weighted by Crippen LogP contribution is -2.42. The molecule has 0 aliphatic heterocycles. The lowest BCUT2D eigenvalue weighted by molar-refractivity contribution is 0.151. The van der Waals surface area contributed by atoms with Crippen LogP contribution in [0.2, 0.25) is 0 Å². The molecule has 2 unspecified atom stereocenters. The smallest absolute Gasteiger partial charge is 0.118 e. The lowest BCUT2D eigenvalue weighted by atomic mass is 10.1. The van der Waals surface area contributed by atoms with Crippen molar-refractivity contribution in [1.29, 1.82) is 0 Å². The van der Waals surface area contributed by atoms with E-state index in [9.17, 15) is 0 Å². The predicted molar refractivity (Wildman–Crippen MR) is 50.0 cm³/mol. The van der Waals surface area contributed by atoms with E-state index in [1.807, 2.05) is 0 Å². The molecule has 72 valence electrons. The van der Waals surface area contributed by atoms with Gasteiger partial charge in [-0.25, -0.2) is 0 Å². The number of rotatable bonds is 3.